The lowest BCUT2D eigenvalue weighted by Gasteiger charge is -2.61. The molecule has 0 aromatic carbocycles. The van der Waals surface area contributed by atoms with E-state index < -0.39 is 5.60 Å². The minimum absolute atomic E-state index is 0.0322. The van der Waals surface area contributed by atoms with Crippen molar-refractivity contribution in [1.82, 2.24) is 0 Å². The Hall–Kier alpha value is -0.0800. The van der Waals surface area contributed by atoms with Crippen molar-refractivity contribution in [2.24, 2.45) is 51.8 Å². The van der Waals surface area contributed by atoms with E-state index >= 15 is 0 Å². The Kier molecular flexibility index (Phi) is 6.34. The average Bonchev–Trinajstić information content (AvgIpc) is 3.12. The molecule has 0 heterocycles. The third-order valence-electron chi connectivity index (χ3n) is 13.0. The van der Waals surface area contributed by atoms with Crippen LogP contribution in [-0.4, -0.2) is 21.9 Å². The predicted octanol–water partition coefficient (Wildman–Crippen LogP) is 7.75. The molecule has 5 aliphatic carbocycles. The Morgan fingerprint density at radius 1 is 0.758 bits per heavy atom. The summed E-state index contributed by atoms with van der Waals surface area (Å²) in [6.07, 6.45) is 18.5. The Morgan fingerprint density at radius 2 is 1.42 bits per heavy atom. The monoisotopic (exact) mass is 458 g/mol. The van der Waals surface area contributed by atoms with Gasteiger partial charge in [-0.2, -0.15) is 0 Å². The van der Waals surface area contributed by atoms with Gasteiger partial charge in [0.15, 0.2) is 0 Å². The van der Waals surface area contributed by atoms with Crippen LogP contribution in [0.2, 0.25) is 0 Å². The summed E-state index contributed by atoms with van der Waals surface area (Å²) in [5.74, 6) is 5.12. The summed E-state index contributed by atoms with van der Waals surface area (Å²) in [6.45, 7) is 12.6. The van der Waals surface area contributed by atoms with Crippen molar-refractivity contribution in [3.63, 3.8) is 0 Å². The second-order valence-corrected chi connectivity index (χ2v) is 15.2. The highest BCUT2D eigenvalue weighted by molar-refractivity contribution is 5.09. The minimum atomic E-state index is -0.390. The van der Waals surface area contributed by atoms with E-state index in [2.05, 4.69) is 34.6 Å². The standard InChI is InChI=1S/C31H54O2/c1-21(10-15-31(33)18-16-28(2,3)17-19-31)25-8-9-26-24-7-6-22-20-23(32)11-13-29(22,4)27(24)12-14-30(25,26)5/h21-27,32-33H,6-20H2,1-5H3/t21-,22+,23+,24+,25-,26+,27+,29+,30-/m1/s1. The van der Waals surface area contributed by atoms with Crippen LogP contribution in [0.1, 0.15) is 131 Å². The van der Waals surface area contributed by atoms with Crippen LogP contribution in [0.5, 0.6) is 0 Å². The Balaban J connectivity index is 1.24. The molecule has 5 saturated carbocycles. The zero-order valence-corrected chi connectivity index (χ0v) is 22.5. The van der Waals surface area contributed by atoms with E-state index in [1.807, 2.05) is 0 Å². The molecule has 5 fully saturated rings. The first kappa shape index (κ1) is 24.6. The molecular weight excluding hydrogens is 404 g/mol. The number of hydrogen-bond donors (Lipinski definition) is 2. The molecule has 0 radical (unpaired) electrons. The summed E-state index contributed by atoms with van der Waals surface area (Å²) < 4.78 is 0. The van der Waals surface area contributed by atoms with Gasteiger partial charge in [0.25, 0.3) is 0 Å². The molecule has 0 unspecified atom stereocenters. The van der Waals surface area contributed by atoms with Crippen LogP contribution in [0, 0.1) is 51.8 Å². The number of aliphatic hydroxyl groups excluding tert-OH is 1. The van der Waals surface area contributed by atoms with Gasteiger partial charge in [0, 0.05) is 0 Å². The van der Waals surface area contributed by atoms with Crippen LogP contribution < -0.4 is 0 Å². The van der Waals surface area contributed by atoms with E-state index in [4.69, 9.17) is 0 Å². The average molecular weight is 459 g/mol. The van der Waals surface area contributed by atoms with Crippen LogP contribution in [-0.2, 0) is 0 Å². The van der Waals surface area contributed by atoms with Crippen LogP contribution >= 0.6 is 0 Å². The first-order valence-electron chi connectivity index (χ1n) is 14.9. The maximum absolute atomic E-state index is 11.3. The predicted molar refractivity (Wildman–Crippen MR) is 137 cm³/mol. The van der Waals surface area contributed by atoms with Crippen LogP contribution in [0.15, 0.2) is 0 Å². The molecule has 0 bridgehead atoms. The highest BCUT2D eigenvalue weighted by Gasteiger charge is 2.60. The molecule has 0 aromatic heterocycles. The quantitative estimate of drug-likeness (QED) is 0.452. The third-order valence-corrected chi connectivity index (χ3v) is 13.0. The molecule has 0 aromatic rings. The van der Waals surface area contributed by atoms with Crippen molar-refractivity contribution < 1.29 is 10.2 Å². The van der Waals surface area contributed by atoms with Crippen LogP contribution in [0.25, 0.3) is 0 Å². The normalized spacial score (nSPS) is 49.5. The van der Waals surface area contributed by atoms with Gasteiger partial charge in [-0.3, -0.25) is 0 Å². The molecule has 5 aliphatic rings. The molecule has 2 heteroatoms. The van der Waals surface area contributed by atoms with Crippen LogP contribution in [0.3, 0.4) is 0 Å². The third kappa shape index (κ3) is 4.26. The summed E-state index contributed by atoms with van der Waals surface area (Å²) >= 11 is 0. The molecule has 2 nitrogen and oxygen atoms in total. The van der Waals surface area contributed by atoms with Crippen molar-refractivity contribution in [2.45, 2.75) is 143 Å². The second-order valence-electron chi connectivity index (χ2n) is 15.2. The lowest BCUT2D eigenvalue weighted by atomic mass is 9.44. The van der Waals surface area contributed by atoms with Gasteiger partial charge in [-0.25, -0.2) is 0 Å². The molecule has 0 saturated heterocycles. The summed E-state index contributed by atoms with van der Waals surface area (Å²) in [7, 11) is 0. The zero-order valence-electron chi connectivity index (χ0n) is 22.5. The molecule has 190 valence electrons. The second kappa shape index (κ2) is 8.50. The molecule has 2 N–H and O–H groups in total. The fraction of sp³-hybridized carbons (Fsp3) is 1.00. The first-order chi connectivity index (χ1) is 15.5. The van der Waals surface area contributed by atoms with E-state index in [-0.39, 0.29) is 6.10 Å². The van der Waals surface area contributed by atoms with Crippen molar-refractivity contribution in [3.05, 3.63) is 0 Å². The number of aliphatic hydroxyl groups is 2. The Labute approximate surface area is 204 Å². The Bertz CT molecular complexity index is 704. The summed E-state index contributed by atoms with van der Waals surface area (Å²) in [5, 5.41) is 21.6. The smallest absolute Gasteiger partial charge is 0.0648 e. The van der Waals surface area contributed by atoms with Crippen molar-refractivity contribution in [3.8, 4) is 0 Å². The molecule has 9 atom stereocenters. The highest BCUT2D eigenvalue weighted by atomic mass is 16.3. The minimum Gasteiger partial charge on any atom is -0.393 e. The van der Waals surface area contributed by atoms with Crippen molar-refractivity contribution in [2.75, 3.05) is 0 Å². The maximum Gasteiger partial charge on any atom is 0.0648 e. The van der Waals surface area contributed by atoms with Gasteiger partial charge >= 0.3 is 0 Å². The van der Waals surface area contributed by atoms with Gasteiger partial charge in [-0.05, 0) is 148 Å². The van der Waals surface area contributed by atoms with Gasteiger partial charge in [0.05, 0.1) is 11.7 Å². The number of fused-ring (bicyclic) bond motifs is 5. The lowest BCUT2D eigenvalue weighted by molar-refractivity contribution is -0.129. The molecule has 0 amide bonds. The van der Waals surface area contributed by atoms with Gasteiger partial charge in [0.2, 0.25) is 0 Å². The van der Waals surface area contributed by atoms with E-state index in [1.54, 1.807) is 0 Å². The summed E-state index contributed by atoms with van der Waals surface area (Å²) in [5.41, 5.74) is 1.05. The fourth-order valence-corrected chi connectivity index (χ4v) is 10.6. The van der Waals surface area contributed by atoms with Crippen molar-refractivity contribution >= 4 is 0 Å². The summed E-state index contributed by atoms with van der Waals surface area (Å²) in [4.78, 5) is 0. The number of rotatable bonds is 4. The number of hydrogen-bond acceptors (Lipinski definition) is 2. The topological polar surface area (TPSA) is 40.5 Å². The van der Waals surface area contributed by atoms with E-state index in [0.717, 1.165) is 67.6 Å². The van der Waals surface area contributed by atoms with E-state index in [0.29, 0.717) is 16.2 Å². The molecule has 33 heavy (non-hydrogen) atoms. The maximum atomic E-state index is 11.3. The molecule has 5 rings (SSSR count). The SMILES string of the molecule is C[C@H](CCC1(O)CCC(C)(C)CC1)[C@H]1CC[C@H]2[C@@H]3CC[C@H]4C[C@@H](O)CC[C@]4(C)[C@H]3CC[C@]12C. The van der Waals surface area contributed by atoms with Gasteiger partial charge < -0.3 is 10.2 Å². The molecule has 0 spiro atoms. The summed E-state index contributed by atoms with van der Waals surface area (Å²) in [6, 6.07) is 0. The molecular formula is C31H54O2. The van der Waals surface area contributed by atoms with Crippen LogP contribution in [0.4, 0.5) is 0 Å². The first-order valence-corrected chi connectivity index (χ1v) is 14.9. The van der Waals surface area contributed by atoms with Gasteiger partial charge in [-0.15, -0.1) is 0 Å². The van der Waals surface area contributed by atoms with Gasteiger partial charge in [-0.1, -0.05) is 34.6 Å². The fourth-order valence-electron chi connectivity index (χ4n) is 10.6. The van der Waals surface area contributed by atoms with E-state index in [9.17, 15) is 10.2 Å². The largest absolute Gasteiger partial charge is 0.393 e. The highest BCUT2D eigenvalue weighted by Crippen LogP contribution is 2.68. The van der Waals surface area contributed by atoms with E-state index in [1.165, 1.54) is 64.2 Å². The lowest BCUT2D eigenvalue weighted by Crippen LogP contribution is -2.54. The molecule has 0 aliphatic heterocycles. The van der Waals surface area contributed by atoms with Gasteiger partial charge in [0.1, 0.15) is 0 Å². The zero-order chi connectivity index (χ0) is 23.6. The Morgan fingerprint density at radius 3 is 2.15 bits per heavy atom. The van der Waals surface area contributed by atoms with Crippen molar-refractivity contribution in [1.29, 1.82) is 0 Å².